The van der Waals surface area contributed by atoms with Crippen LogP contribution in [0.4, 0.5) is 0 Å². The summed E-state index contributed by atoms with van der Waals surface area (Å²) in [5, 5.41) is 7.09. The lowest BCUT2D eigenvalue weighted by Gasteiger charge is -2.22. The molecule has 0 spiro atoms. The molecule has 1 aliphatic rings. The van der Waals surface area contributed by atoms with E-state index in [-0.39, 0.29) is 5.91 Å². The monoisotopic (exact) mass is 339 g/mol. The Bertz CT molecular complexity index is 874. The second kappa shape index (κ2) is 6.40. The van der Waals surface area contributed by atoms with Gasteiger partial charge in [0.2, 0.25) is 0 Å². The normalized spacial score (nSPS) is 15.7. The number of aromatic nitrogens is 2. The Morgan fingerprint density at radius 3 is 2.83 bits per heavy atom. The quantitative estimate of drug-likeness (QED) is 0.770. The van der Waals surface area contributed by atoms with Gasteiger partial charge in [0.1, 0.15) is 10.7 Å². The van der Waals surface area contributed by atoms with Crippen molar-refractivity contribution in [1.29, 1.82) is 0 Å². The topological polar surface area (TPSA) is 46.9 Å². The van der Waals surface area contributed by atoms with Crippen LogP contribution in [0.1, 0.15) is 42.6 Å². The second-order valence-electron chi connectivity index (χ2n) is 6.49. The zero-order chi connectivity index (χ0) is 16.5. The molecule has 0 atom stereocenters. The molecule has 1 saturated carbocycles. The van der Waals surface area contributed by atoms with Gasteiger partial charge in [-0.15, -0.1) is 11.3 Å². The van der Waals surface area contributed by atoms with Crippen LogP contribution in [0, 0.1) is 0 Å². The van der Waals surface area contributed by atoms with Crippen LogP contribution in [-0.4, -0.2) is 21.5 Å². The van der Waals surface area contributed by atoms with Gasteiger partial charge in [-0.1, -0.05) is 37.5 Å². The minimum absolute atomic E-state index is 0.0387. The summed E-state index contributed by atoms with van der Waals surface area (Å²) in [5.41, 5.74) is 2.76. The van der Waals surface area contributed by atoms with E-state index < -0.39 is 0 Å². The Morgan fingerprint density at radius 2 is 2.04 bits per heavy atom. The summed E-state index contributed by atoms with van der Waals surface area (Å²) in [5.74, 6) is -0.0387. The third kappa shape index (κ3) is 2.84. The third-order valence-electron chi connectivity index (χ3n) is 4.85. The van der Waals surface area contributed by atoms with Crippen molar-refractivity contribution in [3.05, 3.63) is 41.4 Å². The second-order valence-corrected chi connectivity index (χ2v) is 7.35. The van der Waals surface area contributed by atoms with Gasteiger partial charge < -0.3 is 9.88 Å². The molecule has 24 heavy (non-hydrogen) atoms. The van der Waals surface area contributed by atoms with Crippen molar-refractivity contribution in [2.45, 2.75) is 38.1 Å². The fourth-order valence-electron chi connectivity index (χ4n) is 3.50. The predicted molar refractivity (Wildman–Crippen MR) is 98.4 cm³/mol. The highest BCUT2D eigenvalue weighted by Crippen LogP contribution is 2.29. The first-order valence-electron chi connectivity index (χ1n) is 8.53. The van der Waals surface area contributed by atoms with Gasteiger partial charge in [-0.25, -0.2) is 4.98 Å². The van der Waals surface area contributed by atoms with Crippen LogP contribution < -0.4 is 5.32 Å². The van der Waals surface area contributed by atoms with Crippen molar-refractivity contribution in [2.75, 3.05) is 0 Å². The summed E-state index contributed by atoms with van der Waals surface area (Å²) in [6.07, 6.45) is 5.89. The van der Waals surface area contributed by atoms with Crippen molar-refractivity contribution in [1.82, 2.24) is 14.9 Å². The number of para-hydroxylation sites is 1. The standard InChI is InChI=1S/C19H21N3OS/c1-22-16-10-6-5-7-13(16)11-17(22)19-21-15(12-24-19)18(23)20-14-8-3-2-4-9-14/h5-7,10-12,14H,2-4,8-9H2,1H3,(H,20,23). The van der Waals surface area contributed by atoms with E-state index in [1.165, 1.54) is 41.5 Å². The Kier molecular flexibility index (Phi) is 4.10. The highest BCUT2D eigenvalue weighted by molar-refractivity contribution is 7.13. The average molecular weight is 339 g/mol. The van der Waals surface area contributed by atoms with E-state index in [0.29, 0.717) is 11.7 Å². The number of amides is 1. The first kappa shape index (κ1) is 15.4. The number of thiazole rings is 1. The molecule has 4 nitrogen and oxygen atoms in total. The van der Waals surface area contributed by atoms with E-state index in [1.54, 1.807) is 0 Å². The molecule has 0 bridgehead atoms. The molecule has 0 unspecified atom stereocenters. The molecule has 2 aromatic heterocycles. The lowest BCUT2D eigenvalue weighted by atomic mass is 9.95. The molecule has 1 aromatic carbocycles. The molecular weight excluding hydrogens is 318 g/mol. The van der Waals surface area contributed by atoms with Gasteiger partial charge in [0.05, 0.1) is 5.69 Å². The van der Waals surface area contributed by atoms with Gasteiger partial charge >= 0.3 is 0 Å². The smallest absolute Gasteiger partial charge is 0.270 e. The Hall–Kier alpha value is -2.14. The highest BCUT2D eigenvalue weighted by atomic mass is 32.1. The SMILES string of the molecule is Cn1c(-c2nc(C(=O)NC3CCCCC3)cs2)cc2ccccc21. The van der Waals surface area contributed by atoms with Crippen LogP contribution >= 0.6 is 11.3 Å². The van der Waals surface area contributed by atoms with Crippen LogP contribution in [0.15, 0.2) is 35.7 Å². The zero-order valence-corrected chi connectivity index (χ0v) is 14.6. The average Bonchev–Trinajstić information content (AvgIpc) is 3.21. The first-order valence-corrected chi connectivity index (χ1v) is 9.41. The molecule has 4 rings (SSSR count). The number of hydrogen-bond acceptors (Lipinski definition) is 3. The lowest BCUT2D eigenvalue weighted by molar-refractivity contribution is 0.0923. The lowest BCUT2D eigenvalue weighted by Crippen LogP contribution is -2.36. The van der Waals surface area contributed by atoms with E-state index in [9.17, 15) is 4.79 Å². The number of fused-ring (bicyclic) bond motifs is 1. The molecule has 1 amide bonds. The maximum absolute atomic E-state index is 12.4. The number of carbonyl (C=O) groups is 1. The van der Waals surface area contributed by atoms with E-state index >= 15 is 0 Å². The maximum atomic E-state index is 12.4. The molecule has 0 saturated heterocycles. The minimum atomic E-state index is -0.0387. The van der Waals surface area contributed by atoms with E-state index in [0.717, 1.165) is 23.5 Å². The van der Waals surface area contributed by atoms with Crippen LogP contribution in [-0.2, 0) is 7.05 Å². The number of hydrogen-bond donors (Lipinski definition) is 1. The fraction of sp³-hybridized carbons (Fsp3) is 0.368. The van der Waals surface area contributed by atoms with Crippen LogP contribution in [0.3, 0.4) is 0 Å². The Balaban J connectivity index is 1.57. The fourth-order valence-corrected chi connectivity index (χ4v) is 4.35. The van der Waals surface area contributed by atoms with Gasteiger partial charge in [-0.05, 0) is 25.0 Å². The maximum Gasteiger partial charge on any atom is 0.270 e. The summed E-state index contributed by atoms with van der Waals surface area (Å²) in [6.45, 7) is 0. The van der Waals surface area contributed by atoms with Crippen molar-refractivity contribution in [3.63, 3.8) is 0 Å². The molecule has 1 fully saturated rings. The van der Waals surface area contributed by atoms with Crippen molar-refractivity contribution in [2.24, 2.45) is 7.05 Å². The minimum Gasteiger partial charge on any atom is -0.348 e. The Labute approximate surface area is 145 Å². The van der Waals surface area contributed by atoms with E-state index in [4.69, 9.17) is 0 Å². The largest absolute Gasteiger partial charge is 0.348 e. The van der Waals surface area contributed by atoms with Crippen LogP contribution in [0.25, 0.3) is 21.6 Å². The predicted octanol–water partition coefficient (Wildman–Crippen LogP) is 4.36. The number of aryl methyl sites for hydroxylation is 1. The molecule has 2 heterocycles. The Morgan fingerprint density at radius 1 is 1.25 bits per heavy atom. The molecule has 5 heteroatoms. The highest BCUT2D eigenvalue weighted by Gasteiger charge is 2.19. The zero-order valence-electron chi connectivity index (χ0n) is 13.8. The van der Waals surface area contributed by atoms with E-state index in [2.05, 4.69) is 33.1 Å². The molecule has 1 N–H and O–H groups in total. The summed E-state index contributed by atoms with van der Waals surface area (Å²) in [6, 6.07) is 10.7. The molecule has 1 aliphatic carbocycles. The van der Waals surface area contributed by atoms with Gasteiger partial charge in [-0.2, -0.15) is 0 Å². The van der Waals surface area contributed by atoms with Gasteiger partial charge in [0.15, 0.2) is 0 Å². The number of carbonyl (C=O) groups excluding carboxylic acids is 1. The van der Waals surface area contributed by atoms with Crippen molar-refractivity contribution in [3.8, 4) is 10.7 Å². The number of benzene rings is 1. The number of rotatable bonds is 3. The van der Waals surface area contributed by atoms with Crippen LogP contribution in [0.5, 0.6) is 0 Å². The summed E-state index contributed by atoms with van der Waals surface area (Å²) >= 11 is 1.53. The third-order valence-corrected chi connectivity index (χ3v) is 5.71. The summed E-state index contributed by atoms with van der Waals surface area (Å²) in [4.78, 5) is 17.0. The summed E-state index contributed by atoms with van der Waals surface area (Å²) in [7, 11) is 2.04. The summed E-state index contributed by atoms with van der Waals surface area (Å²) < 4.78 is 2.14. The van der Waals surface area contributed by atoms with Crippen molar-refractivity contribution < 1.29 is 4.79 Å². The van der Waals surface area contributed by atoms with Gasteiger partial charge in [-0.3, -0.25) is 4.79 Å². The molecule has 0 radical (unpaired) electrons. The molecule has 124 valence electrons. The van der Waals surface area contributed by atoms with Crippen LogP contribution in [0.2, 0.25) is 0 Å². The molecule has 3 aromatic rings. The van der Waals surface area contributed by atoms with Crippen molar-refractivity contribution >= 4 is 28.1 Å². The first-order chi connectivity index (χ1) is 11.7. The number of nitrogens with zero attached hydrogens (tertiary/aromatic N) is 2. The number of nitrogens with one attached hydrogen (secondary N) is 1. The van der Waals surface area contributed by atoms with Gasteiger partial charge in [0.25, 0.3) is 5.91 Å². The van der Waals surface area contributed by atoms with E-state index in [1.807, 2.05) is 24.6 Å². The van der Waals surface area contributed by atoms with Gasteiger partial charge in [0, 0.05) is 29.4 Å². The molecular formula is C19H21N3OS. The molecule has 0 aliphatic heterocycles.